The highest BCUT2D eigenvalue weighted by atomic mass is 16.6. The number of carbonyl (C=O) groups is 1. The molecule has 1 aromatic rings. The zero-order valence-electron chi connectivity index (χ0n) is 10.1. The number of hydrogen-bond acceptors (Lipinski definition) is 5. The highest BCUT2D eigenvalue weighted by Gasteiger charge is 2.43. The number of ether oxygens (including phenoxy) is 1. The van der Waals surface area contributed by atoms with E-state index in [1.807, 2.05) is 0 Å². The number of nitro benzene ring substituents is 1. The summed E-state index contributed by atoms with van der Waals surface area (Å²) in [5.41, 5.74) is 4.42. The van der Waals surface area contributed by atoms with Crippen LogP contribution in [0.15, 0.2) is 24.3 Å². The van der Waals surface area contributed by atoms with Crippen molar-refractivity contribution in [2.24, 2.45) is 5.73 Å². The lowest BCUT2D eigenvalue weighted by molar-refractivity contribution is -0.384. The summed E-state index contributed by atoms with van der Waals surface area (Å²) < 4.78 is 5.56. The van der Waals surface area contributed by atoms with Gasteiger partial charge >= 0.3 is 5.97 Å². The zero-order chi connectivity index (χ0) is 14.0. The van der Waals surface area contributed by atoms with Crippen LogP contribution < -0.4 is 10.5 Å². The Balaban J connectivity index is 2.05. The molecule has 2 rings (SSSR count). The average molecular weight is 266 g/mol. The summed E-state index contributed by atoms with van der Waals surface area (Å²) >= 11 is 0. The van der Waals surface area contributed by atoms with Crippen molar-refractivity contribution in [1.82, 2.24) is 0 Å². The molecule has 7 heteroatoms. The van der Waals surface area contributed by atoms with Crippen molar-refractivity contribution in [1.29, 1.82) is 0 Å². The fraction of sp³-hybridized carbons (Fsp3) is 0.417. The SMILES string of the molecule is NC1(C(=O)O)CCC(Oc2cccc([N+](=O)[O-])c2)C1. The molecule has 3 N–H and O–H groups in total. The second-order valence-electron chi connectivity index (χ2n) is 4.70. The van der Waals surface area contributed by atoms with Gasteiger partial charge in [0.25, 0.3) is 5.69 Å². The Bertz CT molecular complexity index is 519. The predicted molar refractivity (Wildman–Crippen MR) is 65.9 cm³/mol. The molecular formula is C12H14N2O5. The summed E-state index contributed by atoms with van der Waals surface area (Å²) in [7, 11) is 0. The van der Waals surface area contributed by atoms with Gasteiger partial charge in [-0.05, 0) is 18.9 Å². The zero-order valence-corrected chi connectivity index (χ0v) is 10.1. The van der Waals surface area contributed by atoms with E-state index in [9.17, 15) is 14.9 Å². The van der Waals surface area contributed by atoms with Gasteiger partial charge in [0.1, 0.15) is 17.4 Å². The van der Waals surface area contributed by atoms with Crippen molar-refractivity contribution in [3.63, 3.8) is 0 Å². The molecule has 0 heterocycles. The first-order valence-corrected chi connectivity index (χ1v) is 5.84. The Kier molecular flexibility index (Phi) is 3.39. The molecule has 0 saturated heterocycles. The highest BCUT2D eigenvalue weighted by molar-refractivity contribution is 5.79. The summed E-state index contributed by atoms with van der Waals surface area (Å²) in [5, 5.41) is 19.6. The van der Waals surface area contributed by atoms with Crippen molar-refractivity contribution in [3.8, 4) is 5.75 Å². The third-order valence-corrected chi connectivity index (χ3v) is 3.26. The Labute approximate surface area is 109 Å². The molecule has 1 saturated carbocycles. The van der Waals surface area contributed by atoms with Gasteiger partial charge in [-0.1, -0.05) is 6.07 Å². The van der Waals surface area contributed by atoms with Crippen LogP contribution in [-0.4, -0.2) is 27.6 Å². The van der Waals surface area contributed by atoms with Crippen LogP contribution >= 0.6 is 0 Å². The van der Waals surface area contributed by atoms with E-state index < -0.39 is 16.4 Å². The van der Waals surface area contributed by atoms with Gasteiger partial charge in [-0.3, -0.25) is 14.9 Å². The standard InChI is InChI=1S/C12H14N2O5/c13-12(11(15)16)5-4-10(7-12)19-9-3-1-2-8(6-9)14(17)18/h1-3,6,10H,4-5,7,13H2,(H,15,16). The maximum absolute atomic E-state index is 11.0. The molecule has 102 valence electrons. The van der Waals surface area contributed by atoms with Crippen molar-refractivity contribution in [2.45, 2.75) is 30.9 Å². The number of hydrogen-bond donors (Lipinski definition) is 2. The largest absolute Gasteiger partial charge is 0.490 e. The molecule has 0 aliphatic heterocycles. The van der Waals surface area contributed by atoms with Gasteiger partial charge < -0.3 is 15.6 Å². The van der Waals surface area contributed by atoms with E-state index in [1.54, 1.807) is 6.07 Å². The molecule has 0 aromatic heterocycles. The number of aliphatic carboxylic acids is 1. The molecule has 2 atom stereocenters. The molecule has 1 aromatic carbocycles. The van der Waals surface area contributed by atoms with E-state index >= 15 is 0 Å². The van der Waals surface area contributed by atoms with Gasteiger partial charge in [-0.15, -0.1) is 0 Å². The third-order valence-electron chi connectivity index (χ3n) is 3.26. The van der Waals surface area contributed by atoms with E-state index in [1.165, 1.54) is 18.2 Å². The Hall–Kier alpha value is -2.15. The van der Waals surface area contributed by atoms with Crippen LogP contribution in [0, 0.1) is 10.1 Å². The van der Waals surface area contributed by atoms with E-state index in [4.69, 9.17) is 15.6 Å². The number of non-ortho nitro benzene ring substituents is 1. The third kappa shape index (κ3) is 2.82. The first-order valence-electron chi connectivity index (χ1n) is 5.84. The van der Waals surface area contributed by atoms with Crippen LogP contribution in [0.5, 0.6) is 5.75 Å². The van der Waals surface area contributed by atoms with Crippen LogP contribution in [-0.2, 0) is 4.79 Å². The predicted octanol–water partition coefficient (Wildman–Crippen LogP) is 1.31. The molecule has 0 spiro atoms. The lowest BCUT2D eigenvalue weighted by Crippen LogP contribution is -2.46. The summed E-state index contributed by atoms with van der Waals surface area (Å²) in [6, 6.07) is 5.81. The van der Waals surface area contributed by atoms with E-state index in [-0.39, 0.29) is 18.2 Å². The van der Waals surface area contributed by atoms with Gasteiger partial charge in [0.2, 0.25) is 0 Å². The summed E-state index contributed by atoms with van der Waals surface area (Å²) in [6.07, 6.45) is 0.724. The minimum atomic E-state index is -1.26. The molecule has 19 heavy (non-hydrogen) atoms. The van der Waals surface area contributed by atoms with Crippen LogP contribution in [0.2, 0.25) is 0 Å². The molecule has 0 amide bonds. The molecule has 2 unspecified atom stereocenters. The van der Waals surface area contributed by atoms with Crippen molar-refractivity contribution in [2.75, 3.05) is 0 Å². The number of rotatable bonds is 4. The number of carboxylic acid groups (broad SMARTS) is 1. The van der Waals surface area contributed by atoms with E-state index in [0.717, 1.165) is 0 Å². The highest BCUT2D eigenvalue weighted by Crippen LogP contribution is 2.32. The molecule has 1 aliphatic carbocycles. The smallest absolute Gasteiger partial charge is 0.323 e. The van der Waals surface area contributed by atoms with Gasteiger partial charge in [-0.25, -0.2) is 0 Å². The summed E-state index contributed by atoms with van der Waals surface area (Å²) in [6.45, 7) is 0. The molecule has 0 radical (unpaired) electrons. The Morgan fingerprint density at radius 3 is 2.89 bits per heavy atom. The summed E-state index contributed by atoms with van der Waals surface area (Å²) in [5.74, 6) is -0.688. The quantitative estimate of drug-likeness (QED) is 0.627. The second-order valence-corrected chi connectivity index (χ2v) is 4.70. The maximum Gasteiger partial charge on any atom is 0.323 e. The normalized spacial score (nSPS) is 26.1. The van der Waals surface area contributed by atoms with Crippen molar-refractivity contribution >= 4 is 11.7 Å². The minimum absolute atomic E-state index is 0.0623. The molecule has 0 bridgehead atoms. The number of benzene rings is 1. The van der Waals surface area contributed by atoms with Crippen LogP contribution in [0.25, 0.3) is 0 Å². The average Bonchev–Trinajstić information content (AvgIpc) is 2.72. The number of nitrogens with zero attached hydrogens (tertiary/aromatic N) is 1. The van der Waals surface area contributed by atoms with Crippen molar-refractivity contribution < 1.29 is 19.6 Å². The van der Waals surface area contributed by atoms with E-state index in [2.05, 4.69) is 0 Å². The molecule has 7 nitrogen and oxygen atoms in total. The number of nitrogens with two attached hydrogens (primary N) is 1. The first-order chi connectivity index (χ1) is 8.90. The van der Waals surface area contributed by atoms with Crippen molar-refractivity contribution in [3.05, 3.63) is 34.4 Å². The van der Waals surface area contributed by atoms with Gasteiger partial charge in [0.05, 0.1) is 11.0 Å². The van der Waals surface area contributed by atoms with Gasteiger partial charge in [0.15, 0.2) is 0 Å². The van der Waals surface area contributed by atoms with Gasteiger partial charge in [0, 0.05) is 12.5 Å². The second kappa shape index (κ2) is 4.85. The molecule has 1 aliphatic rings. The van der Waals surface area contributed by atoms with E-state index in [0.29, 0.717) is 18.6 Å². The maximum atomic E-state index is 11.0. The van der Waals surface area contributed by atoms with Crippen LogP contribution in [0.4, 0.5) is 5.69 Å². The number of carboxylic acids is 1. The lowest BCUT2D eigenvalue weighted by atomic mass is 10.00. The monoisotopic (exact) mass is 266 g/mol. The number of nitro groups is 1. The first kappa shape index (κ1) is 13.3. The fourth-order valence-corrected chi connectivity index (χ4v) is 2.19. The molecule has 1 fully saturated rings. The lowest BCUT2D eigenvalue weighted by Gasteiger charge is -2.18. The Morgan fingerprint density at radius 2 is 2.32 bits per heavy atom. The Morgan fingerprint density at radius 1 is 1.58 bits per heavy atom. The van der Waals surface area contributed by atoms with Crippen LogP contribution in [0.3, 0.4) is 0 Å². The summed E-state index contributed by atoms with van der Waals surface area (Å²) in [4.78, 5) is 21.1. The topological polar surface area (TPSA) is 116 Å². The van der Waals surface area contributed by atoms with Crippen LogP contribution in [0.1, 0.15) is 19.3 Å². The van der Waals surface area contributed by atoms with Gasteiger partial charge in [-0.2, -0.15) is 0 Å². The molecular weight excluding hydrogens is 252 g/mol. The fourth-order valence-electron chi connectivity index (χ4n) is 2.19. The minimum Gasteiger partial charge on any atom is -0.490 e.